The molecule has 10 heteroatoms. The average Bonchev–Trinajstić information content (AvgIpc) is 3.26. The summed E-state index contributed by atoms with van der Waals surface area (Å²) in [6.45, 7) is 4.91. The molecule has 4 rings (SSSR count). The van der Waals surface area contributed by atoms with Crippen LogP contribution < -0.4 is 4.74 Å². The van der Waals surface area contributed by atoms with Crippen molar-refractivity contribution in [2.45, 2.75) is 57.0 Å². The number of aryl methyl sites for hydroxylation is 2. The van der Waals surface area contributed by atoms with Crippen LogP contribution >= 0.6 is 0 Å². The maximum atomic E-state index is 13.3. The van der Waals surface area contributed by atoms with Gasteiger partial charge in [0.2, 0.25) is 15.9 Å². The van der Waals surface area contributed by atoms with Gasteiger partial charge in [-0.1, -0.05) is 0 Å². The largest absolute Gasteiger partial charge is 0.474 e. The molecule has 2 aromatic heterocycles. The van der Waals surface area contributed by atoms with E-state index in [1.165, 1.54) is 17.1 Å². The molecule has 32 heavy (non-hydrogen) atoms. The lowest BCUT2D eigenvalue weighted by Crippen LogP contribution is -2.37. The van der Waals surface area contributed by atoms with Crippen molar-refractivity contribution >= 4 is 15.9 Å². The number of amides is 1. The van der Waals surface area contributed by atoms with Gasteiger partial charge in [-0.25, -0.2) is 13.4 Å². The van der Waals surface area contributed by atoms with Crippen molar-refractivity contribution < 1.29 is 17.9 Å². The van der Waals surface area contributed by atoms with Gasteiger partial charge in [-0.15, -0.1) is 0 Å². The summed E-state index contributed by atoms with van der Waals surface area (Å²) < 4.78 is 35.5. The van der Waals surface area contributed by atoms with Crippen LogP contribution in [0.15, 0.2) is 23.2 Å². The molecule has 0 N–H and O–H groups in total. The van der Waals surface area contributed by atoms with E-state index in [0.29, 0.717) is 48.9 Å². The number of nitrogens with zero attached hydrogens (tertiary/aromatic N) is 5. The summed E-state index contributed by atoms with van der Waals surface area (Å²) >= 11 is 0. The Balaban J connectivity index is 1.42. The van der Waals surface area contributed by atoms with E-state index in [-0.39, 0.29) is 23.5 Å². The number of hydrogen-bond donors (Lipinski definition) is 0. The summed E-state index contributed by atoms with van der Waals surface area (Å²) in [7, 11) is -1.94. The molecule has 3 heterocycles. The molecule has 0 radical (unpaired) electrons. The summed E-state index contributed by atoms with van der Waals surface area (Å²) in [6.07, 6.45) is 6.80. The van der Waals surface area contributed by atoms with Gasteiger partial charge in [-0.3, -0.25) is 9.48 Å². The third-order valence-corrected chi connectivity index (χ3v) is 8.51. The van der Waals surface area contributed by atoms with E-state index in [0.717, 1.165) is 12.8 Å². The second-order valence-corrected chi connectivity index (χ2v) is 10.5. The van der Waals surface area contributed by atoms with Crippen LogP contribution in [0, 0.1) is 13.8 Å². The zero-order chi connectivity index (χ0) is 22.9. The maximum Gasteiger partial charge on any atom is 0.255 e. The molecule has 0 aromatic carbocycles. The van der Waals surface area contributed by atoms with Crippen LogP contribution in [-0.4, -0.2) is 70.6 Å². The summed E-state index contributed by atoms with van der Waals surface area (Å²) in [5.74, 6) is 0.404. The van der Waals surface area contributed by atoms with Crippen molar-refractivity contribution in [3.05, 3.63) is 35.3 Å². The predicted octanol–water partition coefficient (Wildman–Crippen LogP) is 2.29. The second-order valence-electron chi connectivity index (χ2n) is 8.58. The first kappa shape index (κ1) is 22.7. The highest BCUT2D eigenvalue weighted by molar-refractivity contribution is 7.89. The van der Waals surface area contributed by atoms with E-state index in [9.17, 15) is 13.2 Å². The van der Waals surface area contributed by atoms with E-state index in [4.69, 9.17) is 4.74 Å². The van der Waals surface area contributed by atoms with Crippen molar-refractivity contribution in [1.82, 2.24) is 24.0 Å². The molecule has 0 bridgehead atoms. The first-order valence-electron chi connectivity index (χ1n) is 11.2. The van der Waals surface area contributed by atoms with Gasteiger partial charge in [-0.2, -0.15) is 9.40 Å². The molecule has 2 aliphatic rings. The molecule has 1 amide bonds. The number of carbonyl (C=O) groups excluding carboxylic acids is 1. The van der Waals surface area contributed by atoms with Crippen LogP contribution in [0.3, 0.4) is 0 Å². The third-order valence-electron chi connectivity index (χ3n) is 6.36. The Morgan fingerprint density at radius 1 is 1.06 bits per heavy atom. The lowest BCUT2D eigenvalue weighted by molar-refractivity contribution is 0.0763. The summed E-state index contributed by atoms with van der Waals surface area (Å²) in [5.41, 5.74) is 1.60. The molecule has 1 aliphatic carbocycles. The Morgan fingerprint density at radius 3 is 2.44 bits per heavy atom. The SMILES string of the molecule is Cc1nn(C)c(C)c1S(=O)(=O)N1CCCN(C(=O)c2ccc(OC3CCCC3)nc2)CC1. The Hall–Kier alpha value is -2.46. The summed E-state index contributed by atoms with van der Waals surface area (Å²) in [4.78, 5) is 19.3. The van der Waals surface area contributed by atoms with Gasteiger partial charge in [0.25, 0.3) is 5.91 Å². The molecule has 174 valence electrons. The molecule has 0 atom stereocenters. The number of sulfonamides is 1. The van der Waals surface area contributed by atoms with Gasteiger partial charge < -0.3 is 9.64 Å². The van der Waals surface area contributed by atoms with Crippen LogP contribution in [0.2, 0.25) is 0 Å². The first-order chi connectivity index (χ1) is 15.3. The Kier molecular flexibility index (Phi) is 6.52. The number of hydrogen-bond acceptors (Lipinski definition) is 6. The van der Waals surface area contributed by atoms with E-state index in [1.807, 2.05) is 0 Å². The van der Waals surface area contributed by atoms with Crippen molar-refractivity contribution in [2.75, 3.05) is 26.2 Å². The highest BCUT2D eigenvalue weighted by Gasteiger charge is 2.32. The van der Waals surface area contributed by atoms with Crippen molar-refractivity contribution in [3.8, 4) is 5.88 Å². The molecule has 2 fully saturated rings. The van der Waals surface area contributed by atoms with Gasteiger partial charge in [0.1, 0.15) is 11.0 Å². The van der Waals surface area contributed by atoms with Crippen LogP contribution in [0.5, 0.6) is 5.88 Å². The van der Waals surface area contributed by atoms with Crippen molar-refractivity contribution in [1.29, 1.82) is 0 Å². The van der Waals surface area contributed by atoms with E-state index in [2.05, 4.69) is 10.1 Å². The number of carbonyl (C=O) groups is 1. The highest BCUT2D eigenvalue weighted by Crippen LogP contribution is 2.25. The van der Waals surface area contributed by atoms with E-state index in [1.54, 1.807) is 48.8 Å². The molecule has 1 saturated heterocycles. The fourth-order valence-electron chi connectivity index (χ4n) is 4.53. The number of ether oxygens (including phenoxy) is 1. The lowest BCUT2D eigenvalue weighted by atomic mass is 10.2. The molecular weight excluding hydrogens is 430 g/mol. The van der Waals surface area contributed by atoms with Gasteiger partial charge in [0.05, 0.1) is 17.0 Å². The fraction of sp³-hybridized carbons (Fsp3) is 0.591. The predicted molar refractivity (Wildman–Crippen MR) is 119 cm³/mol. The smallest absolute Gasteiger partial charge is 0.255 e. The van der Waals surface area contributed by atoms with Crippen LogP contribution in [-0.2, 0) is 17.1 Å². The zero-order valence-corrected chi connectivity index (χ0v) is 19.8. The molecule has 1 saturated carbocycles. The van der Waals surface area contributed by atoms with E-state index < -0.39 is 10.0 Å². The zero-order valence-electron chi connectivity index (χ0n) is 19.0. The van der Waals surface area contributed by atoms with Gasteiger partial charge in [-0.05, 0) is 52.0 Å². The third kappa shape index (κ3) is 4.52. The number of pyridine rings is 1. The molecule has 0 unspecified atom stereocenters. The lowest BCUT2D eigenvalue weighted by Gasteiger charge is -2.22. The monoisotopic (exact) mass is 461 g/mol. The summed E-state index contributed by atoms with van der Waals surface area (Å²) in [5, 5.41) is 4.25. The normalized spacial score (nSPS) is 18.7. The topological polar surface area (TPSA) is 97.6 Å². The minimum atomic E-state index is -3.67. The minimum Gasteiger partial charge on any atom is -0.474 e. The Bertz CT molecular complexity index is 1070. The minimum absolute atomic E-state index is 0.141. The van der Waals surface area contributed by atoms with Crippen molar-refractivity contribution in [2.24, 2.45) is 7.05 Å². The standard InChI is InChI=1S/C22H31N5O4S/c1-16-21(17(2)25(3)24-16)32(29,30)27-12-6-11-26(13-14-27)22(28)18-9-10-20(23-15-18)31-19-7-4-5-8-19/h9-10,15,19H,4-8,11-14H2,1-3H3. The second kappa shape index (κ2) is 9.19. The average molecular weight is 462 g/mol. The fourth-order valence-corrected chi connectivity index (χ4v) is 6.40. The molecular formula is C22H31N5O4S. The number of aromatic nitrogens is 3. The highest BCUT2D eigenvalue weighted by atomic mass is 32.2. The van der Waals surface area contributed by atoms with Gasteiger partial charge >= 0.3 is 0 Å². The van der Waals surface area contributed by atoms with Gasteiger partial charge in [0, 0.05) is 45.5 Å². The Labute approximate surface area is 189 Å². The molecule has 0 spiro atoms. The quantitative estimate of drug-likeness (QED) is 0.678. The van der Waals surface area contributed by atoms with E-state index >= 15 is 0 Å². The molecule has 2 aromatic rings. The Morgan fingerprint density at radius 2 is 1.81 bits per heavy atom. The maximum absolute atomic E-state index is 13.3. The first-order valence-corrected chi connectivity index (χ1v) is 12.6. The van der Waals surface area contributed by atoms with Crippen LogP contribution in [0.1, 0.15) is 53.8 Å². The molecule has 1 aliphatic heterocycles. The number of rotatable bonds is 5. The summed E-state index contributed by atoms with van der Waals surface area (Å²) in [6, 6.07) is 3.48. The van der Waals surface area contributed by atoms with Gasteiger partial charge in [0.15, 0.2) is 0 Å². The molecule has 9 nitrogen and oxygen atoms in total. The van der Waals surface area contributed by atoms with Crippen LogP contribution in [0.25, 0.3) is 0 Å². The van der Waals surface area contributed by atoms with Crippen LogP contribution in [0.4, 0.5) is 0 Å². The van der Waals surface area contributed by atoms with Crippen molar-refractivity contribution in [3.63, 3.8) is 0 Å².